The van der Waals surface area contributed by atoms with Gasteiger partial charge in [-0.25, -0.2) is 0 Å². The number of aryl methyl sites for hydroxylation is 1. The lowest BCUT2D eigenvalue weighted by Gasteiger charge is -2.14. The molecule has 1 aliphatic heterocycles. The molecule has 2 heterocycles. The van der Waals surface area contributed by atoms with Gasteiger partial charge in [0.05, 0.1) is 25.3 Å². The molecule has 1 aromatic heterocycles. The van der Waals surface area contributed by atoms with Crippen molar-refractivity contribution in [3.05, 3.63) is 29.5 Å². The molecule has 8 nitrogen and oxygen atoms in total. The summed E-state index contributed by atoms with van der Waals surface area (Å²) >= 11 is 0. The van der Waals surface area contributed by atoms with Crippen LogP contribution in [0.3, 0.4) is 0 Å². The Hall–Kier alpha value is -2.89. The molecule has 1 amide bonds. The number of hydrogen-bond donors (Lipinski definition) is 0. The number of likely N-dealkylation sites (N-methyl/N-ethyl adjacent to an activating group) is 1. The van der Waals surface area contributed by atoms with Crippen LogP contribution in [0.25, 0.3) is 16.7 Å². The van der Waals surface area contributed by atoms with Gasteiger partial charge < -0.3 is 23.1 Å². The Bertz CT molecular complexity index is 1130. The van der Waals surface area contributed by atoms with Crippen molar-refractivity contribution in [1.29, 1.82) is 0 Å². The van der Waals surface area contributed by atoms with E-state index in [0.29, 0.717) is 11.3 Å². The first-order valence-corrected chi connectivity index (χ1v) is 9.55. The molecule has 0 atom stereocenters. The predicted molar refractivity (Wildman–Crippen MR) is 97.0 cm³/mol. The molecule has 0 unspecified atom stereocenters. The molecule has 29 heavy (non-hydrogen) atoms. The molecule has 0 N–H and O–H groups in total. The van der Waals surface area contributed by atoms with E-state index in [1.54, 1.807) is 0 Å². The molecule has 0 saturated carbocycles. The summed E-state index contributed by atoms with van der Waals surface area (Å²) in [5, 5.41) is 0.271. The quantitative estimate of drug-likeness (QED) is 0.543. The first kappa shape index (κ1) is 20.8. The summed E-state index contributed by atoms with van der Waals surface area (Å²) in [6.07, 6.45) is 1.11. The van der Waals surface area contributed by atoms with Gasteiger partial charge in [0.25, 0.3) is 5.91 Å². The topological polar surface area (TPSA) is 87.1 Å². The number of fused-ring (bicyclic) bond motifs is 3. The monoisotopic (exact) mass is 434 g/mol. The third-order valence-corrected chi connectivity index (χ3v) is 5.50. The van der Waals surface area contributed by atoms with Crippen molar-refractivity contribution in [2.45, 2.75) is 5.51 Å². The first-order chi connectivity index (χ1) is 13.4. The number of carbonyl (C=O) groups is 1. The van der Waals surface area contributed by atoms with Gasteiger partial charge in [0.15, 0.2) is 17.3 Å². The summed E-state index contributed by atoms with van der Waals surface area (Å²) in [5.41, 5.74) is -5.32. The summed E-state index contributed by atoms with van der Waals surface area (Å²) in [5.74, 6) is -0.536. The average Bonchev–Trinajstić information content (AvgIpc) is 2.86. The van der Waals surface area contributed by atoms with Crippen molar-refractivity contribution < 1.29 is 40.0 Å². The molecule has 158 valence electrons. The van der Waals surface area contributed by atoms with Gasteiger partial charge in [-0.05, 0) is 12.1 Å². The Morgan fingerprint density at radius 1 is 1.07 bits per heavy atom. The van der Waals surface area contributed by atoms with Gasteiger partial charge in [0.1, 0.15) is 5.69 Å². The highest BCUT2D eigenvalue weighted by atomic mass is 32.2. The largest absolute Gasteiger partial charge is 0.534 e. The van der Waals surface area contributed by atoms with Crippen LogP contribution in [0.1, 0.15) is 16.1 Å². The number of benzene rings is 1. The molecule has 1 aromatic carbocycles. The number of methoxy groups -OCH3 is 2. The maximum absolute atomic E-state index is 12.9. The minimum absolute atomic E-state index is 0.0288. The van der Waals surface area contributed by atoms with Crippen molar-refractivity contribution in [2.75, 3.05) is 27.8 Å². The number of ether oxygens (including phenoxy) is 2. The second-order valence-electron chi connectivity index (χ2n) is 6.24. The molecule has 1 aliphatic rings. The number of halogens is 3. The average molecular weight is 434 g/mol. The zero-order valence-corrected chi connectivity index (χ0v) is 16.6. The molecule has 2 aromatic rings. The fraction of sp³-hybridized carbons (Fsp3) is 0.353. The maximum Gasteiger partial charge on any atom is 0.534 e. The number of carbonyl (C=O) groups excluding carboxylic acids is 1. The third-order valence-electron chi connectivity index (χ3n) is 4.53. The lowest BCUT2D eigenvalue weighted by atomic mass is 10.1. The second-order valence-corrected chi connectivity index (χ2v) is 7.78. The number of nitrogens with zero attached hydrogens (tertiary/aromatic N) is 2. The first-order valence-electron chi connectivity index (χ1n) is 8.14. The molecule has 0 aliphatic carbocycles. The number of rotatable bonds is 4. The van der Waals surface area contributed by atoms with Crippen molar-refractivity contribution in [2.24, 2.45) is 7.05 Å². The summed E-state index contributed by atoms with van der Waals surface area (Å²) < 4.78 is 78.3. The van der Waals surface area contributed by atoms with Crippen molar-refractivity contribution in [1.82, 2.24) is 9.47 Å². The van der Waals surface area contributed by atoms with E-state index in [2.05, 4.69) is 4.18 Å². The SMILES string of the molecule is COc1cc2c3c(n(C)c2cc1OC)C(=O)N(C)CC=C3OS(=O)(=O)C(F)(F)F. The van der Waals surface area contributed by atoms with Gasteiger partial charge in [-0.1, -0.05) is 0 Å². The molecule has 0 bridgehead atoms. The molecule has 0 fully saturated rings. The molecule has 0 radical (unpaired) electrons. The Morgan fingerprint density at radius 3 is 2.21 bits per heavy atom. The van der Waals surface area contributed by atoms with E-state index >= 15 is 0 Å². The highest BCUT2D eigenvalue weighted by Gasteiger charge is 2.49. The Morgan fingerprint density at radius 2 is 1.66 bits per heavy atom. The second kappa shape index (κ2) is 6.87. The van der Waals surface area contributed by atoms with Gasteiger partial charge in [0, 0.05) is 32.1 Å². The van der Waals surface area contributed by atoms with Crippen LogP contribution < -0.4 is 9.47 Å². The predicted octanol–water partition coefficient (Wildman–Crippen LogP) is 2.49. The molecule has 0 spiro atoms. The normalized spacial score (nSPS) is 15.1. The molecule has 12 heteroatoms. The van der Waals surface area contributed by atoms with Gasteiger partial charge in [-0.15, -0.1) is 0 Å². The van der Waals surface area contributed by atoms with E-state index in [-0.39, 0.29) is 28.9 Å². The summed E-state index contributed by atoms with van der Waals surface area (Å²) in [6, 6.07) is 2.98. The van der Waals surface area contributed by atoms with Crippen LogP contribution in [0.15, 0.2) is 18.2 Å². The fourth-order valence-electron chi connectivity index (χ4n) is 3.09. The van der Waals surface area contributed by atoms with Crippen LogP contribution in [-0.2, 0) is 21.3 Å². The van der Waals surface area contributed by atoms with Gasteiger partial charge >= 0.3 is 15.6 Å². The summed E-state index contributed by atoms with van der Waals surface area (Å²) in [7, 11) is -0.211. The minimum Gasteiger partial charge on any atom is -0.493 e. The number of hydrogen-bond acceptors (Lipinski definition) is 6. The number of aromatic nitrogens is 1. The van der Waals surface area contributed by atoms with Crippen molar-refractivity contribution in [3.8, 4) is 11.5 Å². The lowest BCUT2D eigenvalue weighted by Crippen LogP contribution is -2.27. The van der Waals surface area contributed by atoms with Crippen molar-refractivity contribution in [3.63, 3.8) is 0 Å². The van der Waals surface area contributed by atoms with Crippen LogP contribution in [0.2, 0.25) is 0 Å². The maximum atomic E-state index is 12.9. The smallest absolute Gasteiger partial charge is 0.493 e. The standard InChI is InChI=1S/C17H17F3N2O6S/c1-21-6-5-11(28-29(24,25)17(18,19)20)14-9-7-12(26-3)13(27-4)8-10(9)22(2)15(14)16(21)23/h5,7-8H,6H2,1-4H3. The van der Waals surface area contributed by atoms with Gasteiger partial charge in [-0.2, -0.15) is 21.6 Å². The van der Waals surface area contributed by atoms with Gasteiger partial charge in [0.2, 0.25) is 0 Å². The highest BCUT2D eigenvalue weighted by Crippen LogP contribution is 2.41. The molecular formula is C17H17F3N2O6S. The van der Waals surface area contributed by atoms with E-state index < -0.39 is 27.3 Å². The molecular weight excluding hydrogens is 417 g/mol. The Balaban J connectivity index is 2.35. The van der Waals surface area contributed by atoms with Crippen LogP contribution in [-0.4, -0.2) is 57.1 Å². The van der Waals surface area contributed by atoms with E-state index in [0.717, 1.165) is 6.08 Å². The Labute approximate surface area is 164 Å². The summed E-state index contributed by atoms with van der Waals surface area (Å²) in [4.78, 5) is 14.1. The van der Waals surface area contributed by atoms with Crippen LogP contribution >= 0.6 is 0 Å². The van der Waals surface area contributed by atoms with Gasteiger partial charge in [-0.3, -0.25) is 4.79 Å². The fourth-order valence-corrected chi connectivity index (χ4v) is 3.57. The lowest BCUT2D eigenvalue weighted by molar-refractivity contribution is -0.0509. The third kappa shape index (κ3) is 3.26. The number of alkyl halides is 3. The van der Waals surface area contributed by atoms with E-state index in [1.165, 1.54) is 49.9 Å². The zero-order chi connectivity index (χ0) is 21.7. The van der Waals surface area contributed by atoms with Crippen molar-refractivity contribution >= 4 is 32.7 Å². The number of amides is 1. The van der Waals surface area contributed by atoms with E-state index in [9.17, 15) is 26.4 Å². The minimum atomic E-state index is -5.94. The molecule has 3 rings (SSSR count). The summed E-state index contributed by atoms with van der Waals surface area (Å²) in [6.45, 7) is -0.148. The Kier molecular flexibility index (Phi) is 4.93. The molecule has 0 saturated heterocycles. The highest BCUT2D eigenvalue weighted by molar-refractivity contribution is 7.87. The van der Waals surface area contributed by atoms with Crippen LogP contribution in [0.4, 0.5) is 13.2 Å². The van der Waals surface area contributed by atoms with Crippen LogP contribution in [0, 0.1) is 0 Å². The zero-order valence-electron chi connectivity index (χ0n) is 15.8. The van der Waals surface area contributed by atoms with E-state index in [1.807, 2.05) is 0 Å². The van der Waals surface area contributed by atoms with Crippen LogP contribution in [0.5, 0.6) is 11.5 Å². The van der Waals surface area contributed by atoms with E-state index in [4.69, 9.17) is 9.47 Å².